The molecular weight excluding hydrogens is 338 g/mol. The number of fused-ring (bicyclic) bond motifs is 1. The van der Waals surface area contributed by atoms with E-state index in [9.17, 15) is 4.79 Å². The summed E-state index contributed by atoms with van der Waals surface area (Å²) in [6.07, 6.45) is 0.764. The van der Waals surface area contributed by atoms with Gasteiger partial charge >= 0.3 is 5.97 Å². The molecule has 2 rings (SSSR count). The van der Waals surface area contributed by atoms with Crippen molar-refractivity contribution in [1.29, 1.82) is 0 Å². The van der Waals surface area contributed by atoms with Crippen molar-refractivity contribution in [1.82, 2.24) is 4.98 Å². The van der Waals surface area contributed by atoms with Crippen molar-refractivity contribution in [2.75, 3.05) is 6.61 Å². The summed E-state index contributed by atoms with van der Waals surface area (Å²) in [5.41, 5.74) is 0.928. The fraction of sp³-hybridized carbons (Fsp3) is 0.467. The van der Waals surface area contributed by atoms with Gasteiger partial charge in [-0.3, -0.25) is 4.79 Å². The van der Waals surface area contributed by atoms with Crippen molar-refractivity contribution in [3.8, 4) is 0 Å². The van der Waals surface area contributed by atoms with Crippen LogP contribution in [0.15, 0.2) is 22.7 Å². The van der Waals surface area contributed by atoms with Crippen LogP contribution in [-0.2, 0) is 9.53 Å². The molecule has 108 valence electrons. The minimum absolute atomic E-state index is 0.167. The van der Waals surface area contributed by atoms with E-state index in [4.69, 9.17) is 4.74 Å². The Hall–Kier alpha value is -0.940. The Morgan fingerprint density at radius 1 is 1.45 bits per heavy atom. The summed E-state index contributed by atoms with van der Waals surface area (Å²) >= 11 is 5.02. The lowest BCUT2D eigenvalue weighted by atomic mass is 9.98. The molecule has 0 aliphatic carbocycles. The Balaban J connectivity index is 2.36. The maximum absolute atomic E-state index is 12.2. The lowest BCUT2D eigenvalue weighted by molar-refractivity contribution is -0.145. The molecule has 20 heavy (non-hydrogen) atoms. The lowest BCUT2D eigenvalue weighted by Gasteiger charge is -2.14. The molecule has 0 aliphatic heterocycles. The van der Waals surface area contributed by atoms with Crippen LogP contribution in [0.1, 0.15) is 38.1 Å². The van der Waals surface area contributed by atoms with Gasteiger partial charge < -0.3 is 4.74 Å². The zero-order valence-corrected chi connectivity index (χ0v) is 14.3. The lowest BCUT2D eigenvalue weighted by Crippen LogP contribution is -2.17. The van der Waals surface area contributed by atoms with Gasteiger partial charge in [-0.25, -0.2) is 4.98 Å². The first-order chi connectivity index (χ1) is 9.51. The van der Waals surface area contributed by atoms with Gasteiger partial charge in [0.25, 0.3) is 0 Å². The second-order valence-corrected chi connectivity index (χ2v) is 7.08. The van der Waals surface area contributed by atoms with Crippen molar-refractivity contribution in [3.63, 3.8) is 0 Å². The molecule has 0 saturated carbocycles. The fourth-order valence-electron chi connectivity index (χ4n) is 2.08. The van der Waals surface area contributed by atoms with E-state index in [1.807, 2.05) is 25.1 Å². The van der Waals surface area contributed by atoms with Crippen LogP contribution in [0.4, 0.5) is 0 Å². The molecule has 1 atom stereocenters. The van der Waals surface area contributed by atoms with E-state index in [0.29, 0.717) is 12.5 Å². The van der Waals surface area contributed by atoms with Gasteiger partial charge in [0.2, 0.25) is 0 Å². The molecule has 0 aliphatic rings. The average Bonchev–Trinajstić information content (AvgIpc) is 2.78. The Labute approximate surface area is 131 Å². The van der Waals surface area contributed by atoms with E-state index in [1.165, 1.54) is 0 Å². The standard InChI is InChI=1S/C15H18BrNO2S/c1-4-19-15(18)11(7-9(2)3)14-17-12-8-10(16)5-6-13(12)20-14/h5-6,8-9,11H,4,7H2,1-3H3. The van der Waals surface area contributed by atoms with Crippen molar-refractivity contribution in [2.45, 2.75) is 33.1 Å². The van der Waals surface area contributed by atoms with Crippen molar-refractivity contribution in [2.24, 2.45) is 5.92 Å². The molecule has 0 fully saturated rings. The highest BCUT2D eigenvalue weighted by Crippen LogP contribution is 2.33. The number of hydrogen-bond acceptors (Lipinski definition) is 4. The quantitative estimate of drug-likeness (QED) is 0.726. The monoisotopic (exact) mass is 355 g/mol. The Morgan fingerprint density at radius 2 is 2.20 bits per heavy atom. The van der Waals surface area contributed by atoms with Crippen LogP contribution >= 0.6 is 27.3 Å². The summed E-state index contributed by atoms with van der Waals surface area (Å²) < 4.78 is 7.29. The molecule has 0 spiro atoms. The number of ether oxygens (including phenoxy) is 1. The van der Waals surface area contributed by atoms with E-state index >= 15 is 0 Å². The number of aromatic nitrogens is 1. The number of nitrogens with zero attached hydrogens (tertiary/aromatic N) is 1. The van der Waals surface area contributed by atoms with E-state index in [-0.39, 0.29) is 11.9 Å². The van der Waals surface area contributed by atoms with E-state index in [0.717, 1.165) is 26.1 Å². The molecule has 1 heterocycles. The number of thiazole rings is 1. The summed E-state index contributed by atoms with van der Waals surface area (Å²) in [5.74, 6) is -0.00592. The Morgan fingerprint density at radius 3 is 2.85 bits per heavy atom. The minimum Gasteiger partial charge on any atom is -0.465 e. The van der Waals surface area contributed by atoms with Crippen molar-refractivity contribution >= 4 is 43.5 Å². The van der Waals surface area contributed by atoms with Gasteiger partial charge in [0, 0.05) is 4.47 Å². The molecular formula is C15H18BrNO2S. The molecule has 0 bridgehead atoms. The number of hydrogen-bond donors (Lipinski definition) is 0. The number of carbonyl (C=O) groups is 1. The normalized spacial score (nSPS) is 12.8. The first kappa shape index (κ1) is 15.4. The topological polar surface area (TPSA) is 39.2 Å². The van der Waals surface area contributed by atoms with Crippen LogP contribution in [0.25, 0.3) is 10.2 Å². The smallest absolute Gasteiger partial charge is 0.315 e. The third-order valence-corrected chi connectivity index (χ3v) is 4.59. The second kappa shape index (κ2) is 6.68. The number of esters is 1. The zero-order valence-electron chi connectivity index (χ0n) is 11.9. The van der Waals surface area contributed by atoms with Crippen molar-refractivity contribution < 1.29 is 9.53 Å². The van der Waals surface area contributed by atoms with Gasteiger partial charge in [0.05, 0.1) is 16.8 Å². The summed E-state index contributed by atoms with van der Waals surface area (Å²) in [5, 5.41) is 0.852. The molecule has 2 aromatic rings. The second-order valence-electron chi connectivity index (χ2n) is 5.10. The van der Waals surface area contributed by atoms with E-state index in [1.54, 1.807) is 11.3 Å². The van der Waals surface area contributed by atoms with Gasteiger partial charge in [0.1, 0.15) is 10.9 Å². The van der Waals surface area contributed by atoms with Crippen LogP contribution < -0.4 is 0 Å². The summed E-state index contributed by atoms with van der Waals surface area (Å²) in [6.45, 7) is 6.45. The van der Waals surface area contributed by atoms with Crippen LogP contribution in [0, 0.1) is 5.92 Å². The highest BCUT2D eigenvalue weighted by molar-refractivity contribution is 9.10. The average molecular weight is 356 g/mol. The molecule has 0 amide bonds. The number of carbonyl (C=O) groups excluding carboxylic acids is 1. The van der Waals surface area contributed by atoms with Gasteiger partial charge in [0.15, 0.2) is 0 Å². The van der Waals surface area contributed by atoms with E-state index < -0.39 is 0 Å². The van der Waals surface area contributed by atoms with Crippen LogP contribution in [0.3, 0.4) is 0 Å². The van der Waals surface area contributed by atoms with Gasteiger partial charge in [-0.05, 0) is 37.5 Å². The van der Waals surface area contributed by atoms with Crippen LogP contribution in [-0.4, -0.2) is 17.6 Å². The Bertz CT molecular complexity index is 609. The Kier molecular flexibility index (Phi) is 5.16. The third-order valence-electron chi connectivity index (χ3n) is 2.94. The molecule has 3 nitrogen and oxygen atoms in total. The van der Waals surface area contributed by atoms with Crippen LogP contribution in [0.2, 0.25) is 0 Å². The molecule has 1 unspecified atom stereocenters. The zero-order chi connectivity index (χ0) is 14.7. The van der Waals surface area contributed by atoms with Gasteiger partial charge in [-0.1, -0.05) is 29.8 Å². The summed E-state index contributed by atoms with van der Waals surface area (Å²) in [4.78, 5) is 16.8. The SMILES string of the molecule is CCOC(=O)C(CC(C)C)c1nc2cc(Br)ccc2s1. The van der Waals surface area contributed by atoms with Crippen LogP contribution in [0.5, 0.6) is 0 Å². The maximum atomic E-state index is 12.2. The third kappa shape index (κ3) is 3.58. The molecule has 0 saturated heterocycles. The molecule has 0 radical (unpaired) electrons. The number of benzene rings is 1. The largest absolute Gasteiger partial charge is 0.465 e. The predicted molar refractivity (Wildman–Crippen MR) is 86.1 cm³/mol. The van der Waals surface area contributed by atoms with Gasteiger partial charge in [-0.2, -0.15) is 0 Å². The molecule has 1 aromatic heterocycles. The van der Waals surface area contributed by atoms with Crippen molar-refractivity contribution in [3.05, 3.63) is 27.7 Å². The summed E-state index contributed by atoms with van der Waals surface area (Å²) in [6, 6.07) is 6.00. The molecule has 0 N–H and O–H groups in total. The maximum Gasteiger partial charge on any atom is 0.315 e. The highest BCUT2D eigenvalue weighted by Gasteiger charge is 2.26. The first-order valence-electron chi connectivity index (χ1n) is 6.74. The summed E-state index contributed by atoms with van der Waals surface area (Å²) in [7, 11) is 0. The molecule has 1 aromatic carbocycles. The van der Waals surface area contributed by atoms with E-state index in [2.05, 4.69) is 34.8 Å². The predicted octanol–water partition coefficient (Wildman–Crippen LogP) is 4.75. The number of rotatable bonds is 5. The number of halogens is 1. The van der Waals surface area contributed by atoms with Gasteiger partial charge in [-0.15, -0.1) is 11.3 Å². The minimum atomic E-state index is -0.258. The molecule has 5 heteroatoms. The first-order valence-corrected chi connectivity index (χ1v) is 8.34. The fourth-order valence-corrected chi connectivity index (χ4v) is 3.48. The highest BCUT2D eigenvalue weighted by atomic mass is 79.9.